The van der Waals surface area contributed by atoms with Gasteiger partial charge in [0, 0.05) is 5.71 Å². The number of carbonyl (C=O) groups is 1. The third-order valence-electron chi connectivity index (χ3n) is 1.35. The van der Waals surface area contributed by atoms with E-state index in [1.807, 2.05) is 0 Å². The molecular formula is C9H12N2O2. The fourth-order valence-electron chi connectivity index (χ4n) is 0.774. The van der Waals surface area contributed by atoms with Crippen molar-refractivity contribution < 1.29 is 9.21 Å². The Morgan fingerprint density at radius 2 is 2.15 bits per heavy atom. The summed E-state index contributed by atoms with van der Waals surface area (Å²) in [6.07, 6.45) is 0. The number of nitrogens with one attached hydrogen (secondary N) is 1. The molecule has 0 fully saturated rings. The molecule has 1 aromatic rings. The molecule has 1 aromatic heterocycles. The number of nitrogens with zero attached hydrogens (tertiary/aromatic N) is 1. The highest BCUT2D eigenvalue weighted by Gasteiger charge is 2.07. The van der Waals surface area contributed by atoms with Gasteiger partial charge in [0.2, 0.25) is 0 Å². The first kappa shape index (κ1) is 9.51. The summed E-state index contributed by atoms with van der Waals surface area (Å²) in [5, 5.41) is 3.77. The van der Waals surface area contributed by atoms with Crippen LogP contribution < -0.4 is 5.43 Å². The van der Waals surface area contributed by atoms with Crippen LogP contribution in [-0.4, -0.2) is 11.6 Å². The molecule has 0 spiro atoms. The molecule has 1 heterocycles. The molecule has 0 bridgehead atoms. The average Bonchev–Trinajstić information content (AvgIpc) is 2.47. The Balaban J connectivity index is 2.64. The second kappa shape index (κ2) is 3.89. The molecule has 0 aromatic carbocycles. The van der Waals surface area contributed by atoms with E-state index in [-0.39, 0.29) is 11.7 Å². The lowest BCUT2D eigenvalue weighted by Crippen LogP contribution is -2.17. The number of amides is 1. The van der Waals surface area contributed by atoms with Crippen molar-refractivity contribution in [2.75, 3.05) is 0 Å². The maximum absolute atomic E-state index is 11.3. The Morgan fingerprint density at radius 3 is 2.62 bits per heavy atom. The minimum absolute atomic E-state index is 0.280. The lowest BCUT2D eigenvalue weighted by Gasteiger charge is -1.95. The van der Waals surface area contributed by atoms with Gasteiger partial charge in [-0.3, -0.25) is 4.79 Å². The molecule has 70 valence electrons. The highest BCUT2D eigenvalue weighted by molar-refractivity contribution is 5.92. The van der Waals surface area contributed by atoms with Gasteiger partial charge in [-0.25, -0.2) is 5.43 Å². The minimum Gasteiger partial charge on any atom is -0.456 e. The summed E-state index contributed by atoms with van der Waals surface area (Å²) >= 11 is 0. The number of aryl methyl sites for hydroxylation is 1. The van der Waals surface area contributed by atoms with Crippen molar-refractivity contribution in [3.05, 3.63) is 23.7 Å². The van der Waals surface area contributed by atoms with E-state index in [2.05, 4.69) is 10.5 Å². The Morgan fingerprint density at radius 1 is 1.46 bits per heavy atom. The van der Waals surface area contributed by atoms with Crippen LogP contribution in [0.15, 0.2) is 21.7 Å². The Kier molecular flexibility index (Phi) is 2.84. The van der Waals surface area contributed by atoms with Gasteiger partial charge >= 0.3 is 5.91 Å². The molecule has 0 saturated heterocycles. The summed E-state index contributed by atoms with van der Waals surface area (Å²) in [4.78, 5) is 11.3. The minimum atomic E-state index is -0.325. The summed E-state index contributed by atoms with van der Waals surface area (Å²) in [5.74, 6) is 0.666. The van der Waals surface area contributed by atoms with E-state index >= 15 is 0 Å². The second-order valence-corrected chi connectivity index (χ2v) is 2.91. The van der Waals surface area contributed by atoms with Crippen molar-refractivity contribution in [2.24, 2.45) is 5.10 Å². The van der Waals surface area contributed by atoms with Gasteiger partial charge in [0.1, 0.15) is 5.76 Å². The van der Waals surface area contributed by atoms with Gasteiger partial charge in [0.25, 0.3) is 0 Å². The second-order valence-electron chi connectivity index (χ2n) is 2.91. The Bertz CT molecular complexity index is 335. The molecule has 0 saturated carbocycles. The molecule has 0 radical (unpaired) electrons. The largest absolute Gasteiger partial charge is 0.456 e. The molecule has 0 aliphatic carbocycles. The van der Waals surface area contributed by atoms with E-state index in [9.17, 15) is 4.79 Å². The van der Waals surface area contributed by atoms with E-state index in [1.54, 1.807) is 32.9 Å². The zero-order chi connectivity index (χ0) is 9.84. The van der Waals surface area contributed by atoms with Crippen LogP contribution in [0.2, 0.25) is 0 Å². The number of carbonyl (C=O) groups excluding carboxylic acids is 1. The van der Waals surface area contributed by atoms with Crippen molar-refractivity contribution in [2.45, 2.75) is 20.8 Å². The Hall–Kier alpha value is -1.58. The van der Waals surface area contributed by atoms with Crippen molar-refractivity contribution >= 4 is 11.6 Å². The van der Waals surface area contributed by atoms with Crippen molar-refractivity contribution in [3.63, 3.8) is 0 Å². The van der Waals surface area contributed by atoms with Crippen LogP contribution in [-0.2, 0) is 0 Å². The third-order valence-corrected chi connectivity index (χ3v) is 1.35. The van der Waals surface area contributed by atoms with Crippen LogP contribution in [0.1, 0.15) is 30.2 Å². The van der Waals surface area contributed by atoms with Gasteiger partial charge in [0.05, 0.1) is 0 Å². The van der Waals surface area contributed by atoms with E-state index in [0.29, 0.717) is 5.76 Å². The van der Waals surface area contributed by atoms with Crippen LogP contribution in [0.3, 0.4) is 0 Å². The summed E-state index contributed by atoms with van der Waals surface area (Å²) in [5.41, 5.74) is 3.16. The molecule has 1 rings (SSSR count). The lowest BCUT2D eigenvalue weighted by atomic mass is 10.4. The summed E-state index contributed by atoms with van der Waals surface area (Å²) in [7, 11) is 0. The van der Waals surface area contributed by atoms with Gasteiger partial charge < -0.3 is 4.42 Å². The Labute approximate surface area is 76.6 Å². The number of furan rings is 1. The summed E-state index contributed by atoms with van der Waals surface area (Å²) in [6, 6.07) is 3.35. The highest BCUT2D eigenvalue weighted by Crippen LogP contribution is 2.05. The predicted octanol–water partition coefficient (Wildman–Crippen LogP) is 1.71. The fraction of sp³-hybridized carbons (Fsp3) is 0.333. The molecule has 13 heavy (non-hydrogen) atoms. The van der Waals surface area contributed by atoms with Crippen molar-refractivity contribution in [3.8, 4) is 0 Å². The predicted molar refractivity (Wildman–Crippen MR) is 49.7 cm³/mol. The standard InChI is InChI=1S/C9H12N2O2/c1-6(2)10-11-9(12)8-5-4-7(3)13-8/h4-5H,1-3H3,(H,11,12). The van der Waals surface area contributed by atoms with E-state index < -0.39 is 0 Å². The topological polar surface area (TPSA) is 54.6 Å². The van der Waals surface area contributed by atoms with Crippen LogP contribution in [0.25, 0.3) is 0 Å². The van der Waals surface area contributed by atoms with Crippen LogP contribution in [0, 0.1) is 6.92 Å². The first-order valence-corrected chi connectivity index (χ1v) is 3.97. The molecule has 0 atom stereocenters. The molecular weight excluding hydrogens is 168 g/mol. The quantitative estimate of drug-likeness (QED) is 0.556. The van der Waals surface area contributed by atoms with Gasteiger partial charge in [-0.2, -0.15) is 5.10 Å². The normalized spacial score (nSPS) is 9.46. The molecule has 0 aliphatic rings. The molecule has 4 heteroatoms. The van der Waals surface area contributed by atoms with Crippen LogP contribution in [0.4, 0.5) is 0 Å². The zero-order valence-corrected chi connectivity index (χ0v) is 7.92. The smallest absolute Gasteiger partial charge is 0.307 e. The first-order valence-electron chi connectivity index (χ1n) is 3.97. The van der Waals surface area contributed by atoms with E-state index in [1.165, 1.54) is 0 Å². The zero-order valence-electron chi connectivity index (χ0n) is 7.92. The molecule has 1 amide bonds. The van der Waals surface area contributed by atoms with Gasteiger partial charge in [-0.15, -0.1) is 0 Å². The fourth-order valence-corrected chi connectivity index (χ4v) is 0.774. The number of hydrogen-bond acceptors (Lipinski definition) is 3. The molecule has 1 N–H and O–H groups in total. The maximum Gasteiger partial charge on any atom is 0.307 e. The van der Waals surface area contributed by atoms with Crippen molar-refractivity contribution in [1.29, 1.82) is 0 Å². The molecule has 4 nitrogen and oxygen atoms in total. The van der Waals surface area contributed by atoms with Crippen LogP contribution in [0.5, 0.6) is 0 Å². The summed E-state index contributed by atoms with van der Waals surface area (Å²) in [6.45, 7) is 5.38. The average molecular weight is 180 g/mol. The number of hydrazone groups is 1. The lowest BCUT2D eigenvalue weighted by molar-refractivity contribution is 0.0926. The number of rotatable bonds is 2. The van der Waals surface area contributed by atoms with E-state index in [0.717, 1.165) is 5.71 Å². The van der Waals surface area contributed by atoms with Gasteiger partial charge in [0.15, 0.2) is 5.76 Å². The van der Waals surface area contributed by atoms with E-state index in [4.69, 9.17) is 4.42 Å². The van der Waals surface area contributed by atoms with Crippen molar-refractivity contribution in [1.82, 2.24) is 5.43 Å². The summed E-state index contributed by atoms with van der Waals surface area (Å²) < 4.78 is 5.10. The highest BCUT2D eigenvalue weighted by atomic mass is 16.3. The monoisotopic (exact) mass is 180 g/mol. The SMILES string of the molecule is CC(C)=NNC(=O)c1ccc(C)o1. The maximum atomic E-state index is 11.3. The number of hydrogen-bond donors (Lipinski definition) is 1. The van der Waals surface area contributed by atoms with Crippen LogP contribution >= 0.6 is 0 Å². The first-order chi connectivity index (χ1) is 6.09. The third kappa shape index (κ3) is 2.74. The van der Waals surface area contributed by atoms with Gasteiger partial charge in [-0.05, 0) is 32.9 Å². The molecule has 0 aliphatic heterocycles. The molecule has 0 unspecified atom stereocenters. The van der Waals surface area contributed by atoms with Gasteiger partial charge in [-0.1, -0.05) is 0 Å².